The predicted octanol–water partition coefficient (Wildman–Crippen LogP) is 1.13. The summed E-state index contributed by atoms with van der Waals surface area (Å²) in [6.07, 6.45) is -4.55. The number of rotatable bonds is 0. The summed E-state index contributed by atoms with van der Waals surface area (Å²) < 4.78 is 39.3. The lowest BCUT2D eigenvalue weighted by Crippen LogP contribution is -2.63. The van der Waals surface area contributed by atoms with E-state index in [1.54, 1.807) is 6.07 Å². The molecule has 2 aliphatic rings. The zero-order valence-corrected chi connectivity index (χ0v) is 10.8. The van der Waals surface area contributed by atoms with Gasteiger partial charge in [0.25, 0.3) is 5.91 Å². The Morgan fingerprint density at radius 2 is 2.15 bits per heavy atom. The number of carbonyl (C=O) groups excluding carboxylic acids is 1. The summed E-state index contributed by atoms with van der Waals surface area (Å²) in [6.45, 7) is 0.831. The van der Waals surface area contributed by atoms with E-state index < -0.39 is 23.3 Å². The van der Waals surface area contributed by atoms with E-state index in [-0.39, 0.29) is 11.5 Å². The van der Waals surface area contributed by atoms with Crippen LogP contribution in [0.1, 0.15) is 27.4 Å². The van der Waals surface area contributed by atoms with Crippen molar-refractivity contribution in [2.75, 3.05) is 20.1 Å². The zero-order chi connectivity index (χ0) is 14.7. The van der Waals surface area contributed by atoms with Crippen LogP contribution in [0, 0.1) is 0 Å². The normalized spacial score (nSPS) is 29.4. The molecule has 2 aliphatic heterocycles. The highest BCUT2D eigenvalue weighted by Crippen LogP contribution is 2.43. The molecule has 0 aromatic heterocycles. The Morgan fingerprint density at radius 3 is 2.80 bits per heavy atom. The molecule has 3 rings (SSSR count). The largest absolute Gasteiger partial charge is 0.417 e. The van der Waals surface area contributed by atoms with Crippen molar-refractivity contribution in [3.8, 4) is 0 Å². The molecule has 4 nitrogen and oxygen atoms in total. The van der Waals surface area contributed by atoms with Crippen LogP contribution >= 0.6 is 0 Å². The van der Waals surface area contributed by atoms with Crippen LogP contribution in [0.4, 0.5) is 13.2 Å². The molecular weight excluding hydrogens is 271 g/mol. The standard InChI is InChI=1S/C13H14F3N3O/c1-19-11(20)10-7(9-5-18-6-12(9,19)17)3-2-4-8(10)13(14,15)16/h2-4,9,18H,5-6,17H2,1H3. The monoisotopic (exact) mass is 285 g/mol. The van der Waals surface area contributed by atoms with Crippen molar-refractivity contribution in [3.63, 3.8) is 0 Å². The third kappa shape index (κ3) is 1.59. The van der Waals surface area contributed by atoms with E-state index in [4.69, 9.17) is 5.73 Å². The molecule has 1 saturated heterocycles. The second kappa shape index (κ2) is 3.95. The molecule has 1 aromatic rings. The molecule has 108 valence electrons. The van der Waals surface area contributed by atoms with Crippen LogP contribution in [-0.2, 0) is 6.18 Å². The minimum absolute atomic E-state index is 0.266. The molecule has 0 spiro atoms. The van der Waals surface area contributed by atoms with Gasteiger partial charge >= 0.3 is 6.18 Å². The first-order valence-electron chi connectivity index (χ1n) is 6.24. The Balaban J connectivity index is 2.26. The fraction of sp³-hybridized carbons (Fsp3) is 0.462. The minimum Gasteiger partial charge on any atom is -0.322 e. The predicted molar refractivity (Wildman–Crippen MR) is 66.1 cm³/mol. The molecule has 2 unspecified atom stereocenters. The fourth-order valence-electron chi connectivity index (χ4n) is 3.14. The number of halogens is 3. The van der Waals surface area contributed by atoms with Crippen molar-refractivity contribution >= 4 is 5.91 Å². The van der Waals surface area contributed by atoms with E-state index in [0.29, 0.717) is 18.7 Å². The topological polar surface area (TPSA) is 58.4 Å². The van der Waals surface area contributed by atoms with Crippen molar-refractivity contribution in [2.45, 2.75) is 17.8 Å². The molecule has 7 heteroatoms. The molecule has 0 radical (unpaired) electrons. The Kier molecular flexibility index (Phi) is 2.65. The van der Waals surface area contributed by atoms with Gasteiger partial charge in [0.1, 0.15) is 5.66 Å². The Hall–Kier alpha value is -1.60. The summed E-state index contributed by atoms with van der Waals surface area (Å²) in [4.78, 5) is 13.6. The lowest BCUT2D eigenvalue weighted by molar-refractivity contribution is -0.138. The average Bonchev–Trinajstić information content (AvgIpc) is 2.78. The van der Waals surface area contributed by atoms with E-state index in [9.17, 15) is 18.0 Å². The van der Waals surface area contributed by atoms with Crippen molar-refractivity contribution in [2.24, 2.45) is 5.73 Å². The van der Waals surface area contributed by atoms with Gasteiger partial charge in [0.15, 0.2) is 0 Å². The van der Waals surface area contributed by atoms with E-state index >= 15 is 0 Å². The van der Waals surface area contributed by atoms with Crippen LogP contribution in [0.2, 0.25) is 0 Å². The van der Waals surface area contributed by atoms with E-state index in [1.165, 1.54) is 18.0 Å². The van der Waals surface area contributed by atoms with Crippen LogP contribution in [0.5, 0.6) is 0 Å². The van der Waals surface area contributed by atoms with Gasteiger partial charge in [0.05, 0.1) is 11.1 Å². The van der Waals surface area contributed by atoms with Gasteiger partial charge in [-0.2, -0.15) is 13.2 Å². The number of nitrogens with zero attached hydrogens (tertiary/aromatic N) is 1. The van der Waals surface area contributed by atoms with Crippen LogP contribution < -0.4 is 11.1 Å². The van der Waals surface area contributed by atoms with Crippen molar-refractivity contribution in [1.29, 1.82) is 0 Å². The van der Waals surface area contributed by atoms with Crippen LogP contribution in [0.3, 0.4) is 0 Å². The summed E-state index contributed by atoms with van der Waals surface area (Å²) in [6, 6.07) is 3.84. The van der Waals surface area contributed by atoms with E-state index in [2.05, 4.69) is 5.32 Å². The summed E-state index contributed by atoms with van der Waals surface area (Å²) in [5.41, 5.74) is 4.50. The van der Waals surface area contributed by atoms with Gasteiger partial charge in [0, 0.05) is 26.1 Å². The van der Waals surface area contributed by atoms with Crippen molar-refractivity contribution in [1.82, 2.24) is 10.2 Å². The van der Waals surface area contributed by atoms with E-state index in [0.717, 1.165) is 6.07 Å². The highest BCUT2D eigenvalue weighted by molar-refractivity contribution is 5.99. The quantitative estimate of drug-likeness (QED) is 0.751. The summed E-state index contributed by atoms with van der Waals surface area (Å²) in [7, 11) is 1.46. The highest BCUT2D eigenvalue weighted by atomic mass is 19.4. The summed E-state index contributed by atoms with van der Waals surface area (Å²) in [5, 5.41) is 3.05. The van der Waals surface area contributed by atoms with Crippen LogP contribution in [0.15, 0.2) is 18.2 Å². The number of likely N-dealkylation sites (N-methyl/N-ethyl adjacent to an activating group) is 1. The number of hydrogen-bond donors (Lipinski definition) is 2. The van der Waals surface area contributed by atoms with Crippen molar-refractivity contribution in [3.05, 3.63) is 34.9 Å². The first kappa shape index (κ1) is 13.4. The van der Waals surface area contributed by atoms with Gasteiger partial charge in [0.2, 0.25) is 0 Å². The lowest BCUT2D eigenvalue weighted by Gasteiger charge is -2.44. The zero-order valence-electron chi connectivity index (χ0n) is 10.8. The second-order valence-electron chi connectivity index (χ2n) is 5.31. The molecular formula is C13H14F3N3O. The number of carbonyl (C=O) groups is 1. The molecule has 20 heavy (non-hydrogen) atoms. The molecule has 0 saturated carbocycles. The van der Waals surface area contributed by atoms with Gasteiger partial charge in [-0.15, -0.1) is 0 Å². The van der Waals surface area contributed by atoms with Crippen LogP contribution in [0.25, 0.3) is 0 Å². The van der Waals surface area contributed by atoms with Gasteiger partial charge in [-0.3, -0.25) is 4.79 Å². The van der Waals surface area contributed by atoms with Gasteiger partial charge in [-0.1, -0.05) is 12.1 Å². The molecule has 1 fully saturated rings. The summed E-state index contributed by atoms with van der Waals surface area (Å²) in [5.74, 6) is -1.00. The SMILES string of the molecule is CN1C(=O)c2c(cccc2C(F)(F)F)C2CNCC21N. The van der Waals surface area contributed by atoms with Gasteiger partial charge < -0.3 is 16.0 Å². The van der Waals surface area contributed by atoms with Gasteiger partial charge in [-0.05, 0) is 11.6 Å². The molecule has 2 heterocycles. The maximum Gasteiger partial charge on any atom is 0.417 e. The first-order chi connectivity index (χ1) is 9.27. The molecule has 0 aliphatic carbocycles. The second-order valence-corrected chi connectivity index (χ2v) is 5.31. The average molecular weight is 285 g/mol. The summed E-state index contributed by atoms with van der Waals surface area (Å²) >= 11 is 0. The number of fused-ring (bicyclic) bond motifs is 3. The molecule has 1 amide bonds. The Bertz CT molecular complexity index is 587. The Morgan fingerprint density at radius 1 is 1.45 bits per heavy atom. The molecule has 0 bridgehead atoms. The molecule has 1 aromatic carbocycles. The number of nitrogens with one attached hydrogen (secondary N) is 1. The van der Waals surface area contributed by atoms with Crippen LogP contribution in [-0.4, -0.2) is 36.6 Å². The maximum absolute atomic E-state index is 13.1. The minimum atomic E-state index is -4.55. The maximum atomic E-state index is 13.1. The first-order valence-corrected chi connectivity index (χ1v) is 6.24. The van der Waals surface area contributed by atoms with E-state index in [1.807, 2.05) is 0 Å². The third-order valence-corrected chi connectivity index (χ3v) is 4.28. The lowest BCUT2D eigenvalue weighted by atomic mass is 9.79. The Labute approximate surface area is 113 Å². The molecule has 3 N–H and O–H groups in total. The number of nitrogens with two attached hydrogens (primary N) is 1. The number of alkyl halides is 3. The number of benzene rings is 1. The number of amides is 1. The van der Waals surface area contributed by atoms with Crippen molar-refractivity contribution < 1.29 is 18.0 Å². The number of hydrogen-bond acceptors (Lipinski definition) is 3. The third-order valence-electron chi connectivity index (χ3n) is 4.28. The highest BCUT2D eigenvalue weighted by Gasteiger charge is 2.52. The smallest absolute Gasteiger partial charge is 0.322 e. The fourth-order valence-corrected chi connectivity index (χ4v) is 3.14. The van der Waals surface area contributed by atoms with Gasteiger partial charge in [-0.25, -0.2) is 0 Å². The molecule has 2 atom stereocenters.